The maximum atomic E-state index is 9.83. The lowest BCUT2D eigenvalue weighted by Crippen LogP contribution is -2.49. The summed E-state index contributed by atoms with van der Waals surface area (Å²) < 4.78 is 5.44. The van der Waals surface area contributed by atoms with Crippen molar-refractivity contribution in [2.45, 2.75) is 31.9 Å². The normalized spacial score (nSPS) is 15.8. The molecule has 19 heavy (non-hydrogen) atoms. The number of hydrogen-bond donors (Lipinski definition) is 3. The van der Waals surface area contributed by atoms with Gasteiger partial charge in [0.15, 0.2) is 0 Å². The predicted octanol–water partition coefficient (Wildman–Crippen LogP) is 1.83. The summed E-state index contributed by atoms with van der Waals surface area (Å²) in [5.41, 5.74) is -0.364. The van der Waals surface area contributed by atoms with Crippen LogP contribution in [0.4, 0.5) is 0 Å². The van der Waals surface area contributed by atoms with Gasteiger partial charge >= 0.3 is 0 Å². The fourth-order valence-corrected chi connectivity index (χ4v) is 1.65. The number of aliphatic hydroxyl groups excluding tert-OH is 2. The Bertz CT molecular complexity index is 383. The molecule has 0 amide bonds. The smallest absolute Gasteiger partial charge is 0.120 e. The van der Waals surface area contributed by atoms with Crippen LogP contribution < -0.4 is 10.1 Å². The molecule has 0 fully saturated rings. The van der Waals surface area contributed by atoms with Crippen LogP contribution in [-0.2, 0) is 0 Å². The third-order valence-corrected chi connectivity index (χ3v) is 3.37. The Balaban J connectivity index is 2.34. The second-order valence-corrected chi connectivity index (χ2v) is 5.31. The van der Waals surface area contributed by atoms with E-state index in [1.54, 1.807) is 24.3 Å². The lowest BCUT2D eigenvalue weighted by atomic mass is 10.0. The zero-order chi connectivity index (χ0) is 14.3. The summed E-state index contributed by atoms with van der Waals surface area (Å²) in [5, 5.41) is 22.8. The van der Waals surface area contributed by atoms with Gasteiger partial charge in [-0.2, -0.15) is 0 Å². The van der Waals surface area contributed by atoms with Crippen LogP contribution in [0.25, 0.3) is 0 Å². The first-order valence-electron chi connectivity index (χ1n) is 6.41. The number of halogens is 1. The first kappa shape index (κ1) is 16.2. The van der Waals surface area contributed by atoms with Gasteiger partial charge in [0, 0.05) is 17.1 Å². The molecule has 5 heteroatoms. The maximum Gasteiger partial charge on any atom is 0.120 e. The van der Waals surface area contributed by atoms with Gasteiger partial charge in [0.1, 0.15) is 18.5 Å². The van der Waals surface area contributed by atoms with Crippen molar-refractivity contribution in [2.24, 2.45) is 0 Å². The third kappa shape index (κ3) is 5.78. The van der Waals surface area contributed by atoms with Crippen molar-refractivity contribution in [1.82, 2.24) is 5.32 Å². The molecule has 4 nitrogen and oxygen atoms in total. The molecule has 0 aliphatic heterocycles. The van der Waals surface area contributed by atoms with E-state index in [0.717, 1.165) is 6.42 Å². The average molecular weight is 288 g/mol. The van der Waals surface area contributed by atoms with Gasteiger partial charge in [-0.25, -0.2) is 0 Å². The van der Waals surface area contributed by atoms with Gasteiger partial charge < -0.3 is 20.3 Å². The van der Waals surface area contributed by atoms with Crippen molar-refractivity contribution in [1.29, 1.82) is 0 Å². The Hall–Kier alpha value is -0.810. The molecule has 0 spiro atoms. The fourth-order valence-electron chi connectivity index (χ4n) is 1.47. The molecule has 0 aliphatic rings. The topological polar surface area (TPSA) is 61.7 Å². The summed E-state index contributed by atoms with van der Waals surface area (Å²) in [6, 6.07) is 7.05. The van der Waals surface area contributed by atoms with E-state index in [1.165, 1.54) is 0 Å². The molecule has 0 saturated carbocycles. The average Bonchev–Trinajstić information content (AvgIpc) is 2.42. The largest absolute Gasteiger partial charge is 0.491 e. The number of ether oxygens (including phenoxy) is 1. The molecule has 0 bridgehead atoms. The van der Waals surface area contributed by atoms with Crippen molar-refractivity contribution < 1.29 is 14.9 Å². The van der Waals surface area contributed by atoms with Crippen molar-refractivity contribution in [3.63, 3.8) is 0 Å². The van der Waals surface area contributed by atoms with Gasteiger partial charge in [0.2, 0.25) is 0 Å². The van der Waals surface area contributed by atoms with E-state index in [1.807, 2.05) is 13.8 Å². The van der Waals surface area contributed by atoms with E-state index in [2.05, 4.69) is 5.32 Å². The van der Waals surface area contributed by atoms with Crippen LogP contribution >= 0.6 is 11.6 Å². The van der Waals surface area contributed by atoms with Crippen molar-refractivity contribution >= 4 is 11.6 Å². The van der Waals surface area contributed by atoms with E-state index in [9.17, 15) is 10.2 Å². The Kier molecular flexibility index (Phi) is 6.58. The number of benzene rings is 1. The zero-order valence-electron chi connectivity index (χ0n) is 11.4. The molecule has 1 aromatic rings. The van der Waals surface area contributed by atoms with E-state index in [4.69, 9.17) is 16.3 Å². The van der Waals surface area contributed by atoms with E-state index >= 15 is 0 Å². The summed E-state index contributed by atoms with van der Waals surface area (Å²) >= 11 is 5.84. The van der Waals surface area contributed by atoms with Crippen molar-refractivity contribution in [2.75, 3.05) is 19.8 Å². The molecule has 2 atom stereocenters. The Morgan fingerprint density at radius 1 is 1.47 bits per heavy atom. The number of rotatable bonds is 8. The number of β-amino-alcohol motifs (C(OH)–C–C–N with tert-alkyl or cyclic N) is 1. The molecule has 0 saturated heterocycles. The molecular formula is C14H22ClNO3. The highest BCUT2D eigenvalue weighted by atomic mass is 35.5. The molecular weight excluding hydrogens is 266 g/mol. The number of aliphatic hydroxyl groups is 2. The van der Waals surface area contributed by atoms with Gasteiger partial charge in [0.25, 0.3) is 0 Å². The van der Waals surface area contributed by atoms with Crippen LogP contribution in [-0.4, -0.2) is 41.6 Å². The second kappa shape index (κ2) is 7.70. The molecule has 0 heterocycles. The maximum absolute atomic E-state index is 9.83. The highest BCUT2D eigenvalue weighted by molar-refractivity contribution is 6.30. The van der Waals surface area contributed by atoms with Crippen LogP contribution in [0.3, 0.4) is 0 Å². The van der Waals surface area contributed by atoms with Crippen molar-refractivity contribution in [3.05, 3.63) is 29.3 Å². The summed E-state index contributed by atoms with van der Waals surface area (Å²) in [6.45, 7) is 4.48. The predicted molar refractivity (Wildman–Crippen MR) is 76.7 cm³/mol. The summed E-state index contributed by atoms with van der Waals surface area (Å²) in [6.07, 6.45) is 0.141. The number of nitrogens with one attached hydrogen (secondary N) is 1. The molecule has 0 radical (unpaired) electrons. The van der Waals surface area contributed by atoms with Crippen LogP contribution in [0.5, 0.6) is 5.75 Å². The van der Waals surface area contributed by atoms with Crippen LogP contribution in [0.2, 0.25) is 5.02 Å². The summed E-state index contributed by atoms with van der Waals surface area (Å²) in [4.78, 5) is 0. The van der Waals surface area contributed by atoms with Gasteiger partial charge in [-0.1, -0.05) is 24.6 Å². The van der Waals surface area contributed by atoms with Gasteiger partial charge in [-0.3, -0.25) is 0 Å². The SMILES string of the molecule is CCC(C)(CO)NCC(O)COc1cccc(Cl)c1. The first-order valence-corrected chi connectivity index (χ1v) is 6.79. The summed E-state index contributed by atoms with van der Waals surface area (Å²) in [7, 11) is 0. The lowest BCUT2D eigenvalue weighted by Gasteiger charge is -2.28. The molecule has 108 valence electrons. The molecule has 2 unspecified atom stereocenters. The minimum absolute atomic E-state index is 0.0331. The standard InChI is InChI=1S/C14H22ClNO3/c1-3-14(2,10-17)16-8-12(18)9-19-13-6-4-5-11(15)7-13/h4-7,12,16-18H,3,8-10H2,1-2H3. The zero-order valence-corrected chi connectivity index (χ0v) is 12.2. The highest BCUT2D eigenvalue weighted by Gasteiger charge is 2.21. The van der Waals surface area contributed by atoms with E-state index < -0.39 is 6.10 Å². The van der Waals surface area contributed by atoms with Crippen LogP contribution in [0.1, 0.15) is 20.3 Å². The second-order valence-electron chi connectivity index (χ2n) is 4.88. The van der Waals surface area contributed by atoms with Gasteiger partial charge in [-0.15, -0.1) is 0 Å². The first-order chi connectivity index (χ1) is 8.99. The van der Waals surface area contributed by atoms with Crippen molar-refractivity contribution in [3.8, 4) is 5.75 Å². The molecule has 0 aromatic heterocycles. The minimum atomic E-state index is -0.642. The van der Waals surface area contributed by atoms with E-state index in [0.29, 0.717) is 17.3 Å². The van der Waals surface area contributed by atoms with Crippen LogP contribution in [0, 0.1) is 0 Å². The highest BCUT2D eigenvalue weighted by Crippen LogP contribution is 2.17. The van der Waals surface area contributed by atoms with Gasteiger partial charge in [0.05, 0.1) is 6.61 Å². The third-order valence-electron chi connectivity index (χ3n) is 3.13. The minimum Gasteiger partial charge on any atom is -0.491 e. The summed E-state index contributed by atoms with van der Waals surface area (Å²) in [5.74, 6) is 0.631. The molecule has 3 N–H and O–H groups in total. The lowest BCUT2D eigenvalue weighted by molar-refractivity contribution is 0.0866. The molecule has 0 aliphatic carbocycles. The Labute approximate surface area is 119 Å². The monoisotopic (exact) mass is 287 g/mol. The molecule has 1 rings (SSSR count). The van der Waals surface area contributed by atoms with Crippen LogP contribution in [0.15, 0.2) is 24.3 Å². The Morgan fingerprint density at radius 2 is 2.21 bits per heavy atom. The van der Waals surface area contributed by atoms with E-state index in [-0.39, 0.29) is 18.8 Å². The fraction of sp³-hybridized carbons (Fsp3) is 0.571. The van der Waals surface area contributed by atoms with Gasteiger partial charge in [-0.05, 0) is 31.5 Å². The quantitative estimate of drug-likeness (QED) is 0.683. The Morgan fingerprint density at radius 3 is 2.79 bits per heavy atom. The molecule has 1 aromatic carbocycles. The number of hydrogen-bond acceptors (Lipinski definition) is 4.